The van der Waals surface area contributed by atoms with Gasteiger partial charge < -0.3 is 10.2 Å². The lowest BCUT2D eigenvalue weighted by molar-refractivity contribution is 0.0734. The van der Waals surface area contributed by atoms with Crippen LogP contribution in [0.4, 0.5) is 5.69 Å². The number of fused-ring (bicyclic) bond motifs is 1. The molecule has 1 aromatic heterocycles. The molecule has 0 aliphatic carbocycles. The molecule has 1 aliphatic heterocycles. The van der Waals surface area contributed by atoms with E-state index in [1.165, 1.54) is 17.3 Å². The second kappa shape index (κ2) is 7.87. The molecule has 0 saturated heterocycles. The zero-order valence-corrected chi connectivity index (χ0v) is 16.6. The third kappa shape index (κ3) is 4.19. The van der Waals surface area contributed by atoms with Crippen molar-refractivity contribution in [3.8, 4) is 0 Å². The Morgan fingerprint density at radius 3 is 2.45 bits per heavy atom. The van der Waals surface area contributed by atoms with E-state index in [1.54, 1.807) is 12.1 Å². The maximum absolute atomic E-state index is 13.0. The smallest absolute Gasteiger partial charge is 0.274 e. The van der Waals surface area contributed by atoms with Crippen molar-refractivity contribution >= 4 is 17.5 Å². The molecule has 0 spiro atoms. The van der Waals surface area contributed by atoms with E-state index in [-0.39, 0.29) is 17.5 Å². The van der Waals surface area contributed by atoms with Gasteiger partial charge in [0, 0.05) is 30.5 Å². The highest BCUT2D eigenvalue weighted by molar-refractivity contribution is 6.04. The summed E-state index contributed by atoms with van der Waals surface area (Å²) in [6.45, 7) is 5.22. The van der Waals surface area contributed by atoms with Crippen molar-refractivity contribution in [1.29, 1.82) is 0 Å². The van der Waals surface area contributed by atoms with Crippen LogP contribution in [0.3, 0.4) is 0 Å². The van der Waals surface area contributed by atoms with Crippen LogP contribution in [0.5, 0.6) is 0 Å². The second-order valence-corrected chi connectivity index (χ2v) is 7.51. The van der Waals surface area contributed by atoms with Crippen LogP contribution >= 0.6 is 0 Å². The number of pyridine rings is 1. The molecule has 5 nitrogen and oxygen atoms in total. The lowest BCUT2D eigenvalue weighted by Crippen LogP contribution is -2.36. The summed E-state index contributed by atoms with van der Waals surface area (Å²) >= 11 is 0. The molecule has 3 aromatic rings. The van der Waals surface area contributed by atoms with E-state index >= 15 is 0 Å². The van der Waals surface area contributed by atoms with Gasteiger partial charge >= 0.3 is 0 Å². The summed E-state index contributed by atoms with van der Waals surface area (Å²) in [6.07, 6.45) is 2.36. The number of nitrogens with zero attached hydrogens (tertiary/aromatic N) is 2. The number of aromatic nitrogens is 1. The Kier molecular flexibility index (Phi) is 5.12. The van der Waals surface area contributed by atoms with Crippen molar-refractivity contribution in [2.45, 2.75) is 26.8 Å². The minimum absolute atomic E-state index is 0.0812. The van der Waals surface area contributed by atoms with Gasteiger partial charge in [-0.05, 0) is 66.8 Å². The minimum Gasteiger partial charge on any atom is -0.334 e. The van der Waals surface area contributed by atoms with Crippen LogP contribution in [0.2, 0.25) is 0 Å². The summed E-state index contributed by atoms with van der Waals surface area (Å²) in [5.41, 5.74) is 6.04. The van der Waals surface area contributed by atoms with E-state index in [1.807, 2.05) is 49.1 Å². The van der Waals surface area contributed by atoms with Crippen molar-refractivity contribution in [1.82, 2.24) is 9.88 Å². The summed E-state index contributed by atoms with van der Waals surface area (Å²) < 4.78 is 0. The van der Waals surface area contributed by atoms with Crippen molar-refractivity contribution < 1.29 is 9.59 Å². The van der Waals surface area contributed by atoms with Crippen molar-refractivity contribution in [2.75, 3.05) is 11.9 Å². The topological polar surface area (TPSA) is 62.3 Å². The molecule has 0 unspecified atom stereocenters. The van der Waals surface area contributed by atoms with Crippen LogP contribution in [-0.2, 0) is 13.0 Å². The molecule has 1 aliphatic rings. The third-order valence-electron chi connectivity index (χ3n) is 5.14. The largest absolute Gasteiger partial charge is 0.334 e. The molecule has 2 amide bonds. The van der Waals surface area contributed by atoms with E-state index in [4.69, 9.17) is 0 Å². The van der Waals surface area contributed by atoms with Gasteiger partial charge in [-0.3, -0.25) is 14.6 Å². The zero-order valence-electron chi connectivity index (χ0n) is 16.6. The first-order chi connectivity index (χ1) is 14.0. The number of benzene rings is 2. The number of carbonyl (C=O) groups is 2. The molecule has 5 heteroatoms. The van der Waals surface area contributed by atoms with Crippen molar-refractivity contribution in [3.63, 3.8) is 0 Å². The number of rotatable bonds is 3. The number of amides is 2. The van der Waals surface area contributed by atoms with Crippen LogP contribution in [0.1, 0.15) is 43.1 Å². The highest BCUT2D eigenvalue weighted by atomic mass is 16.2. The standard InChI is InChI=1S/C24H23N3O2/c1-16-11-17(2)13-21(12-16)26-23(28)22-14-19(7-9-25-22)24(29)27-10-8-18-5-3-4-6-20(18)15-27/h3-7,9,11-14H,8,10,15H2,1-2H3,(H,26,28). The van der Waals surface area contributed by atoms with Gasteiger partial charge in [0.25, 0.3) is 11.8 Å². The molecular weight excluding hydrogens is 362 g/mol. The lowest BCUT2D eigenvalue weighted by atomic mass is 9.99. The fourth-order valence-electron chi connectivity index (χ4n) is 3.78. The Hall–Kier alpha value is -3.47. The van der Waals surface area contributed by atoms with E-state index in [0.717, 1.165) is 23.2 Å². The maximum Gasteiger partial charge on any atom is 0.274 e. The Bertz CT molecular complexity index is 1070. The molecule has 146 valence electrons. The number of aryl methyl sites for hydroxylation is 2. The number of carbonyl (C=O) groups excluding carboxylic acids is 2. The molecule has 4 rings (SSSR count). The summed E-state index contributed by atoms with van der Waals surface area (Å²) in [5.74, 6) is -0.406. The van der Waals surface area contributed by atoms with Crippen LogP contribution in [0.15, 0.2) is 60.8 Å². The van der Waals surface area contributed by atoms with E-state index < -0.39 is 0 Å². The molecule has 0 atom stereocenters. The molecule has 0 fully saturated rings. The van der Waals surface area contributed by atoms with Gasteiger partial charge in [0.05, 0.1) is 0 Å². The molecule has 0 bridgehead atoms. The Labute approximate surface area is 170 Å². The number of hydrogen-bond acceptors (Lipinski definition) is 3. The average molecular weight is 385 g/mol. The zero-order chi connectivity index (χ0) is 20.4. The number of nitrogens with one attached hydrogen (secondary N) is 1. The van der Waals surface area contributed by atoms with E-state index in [2.05, 4.69) is 22.4 Å². The van der Waals surface area contributed by atoms with E-state index in [0.29, 0.717) is 18.7 Å². The predicted molar refractivity (Wildman–Crippen MR) is 113 cm³/mol. The Balaban J connectivity index is 1.51. The van der Waals surface area contributed by atoms with Crippen LogP contribution in [0.25, 0.3) is 0 Å². The second-order valence-electron chi connectivity index (χ2n) is 7.51. The Morgan fingerprint density at radius 1 is 0.966 bits per heavy atom. The van der Waals surface area contributed by atoms with Gasteiger partial charge in [0.1, 0.15) is 5.69 Å². The van der Waals surface area contributed by atoms with Crippen molar-refractivity contribution in [2.24, 2.45) is 0 Å². The van der Waals surface area contributed by atoms with Crippen LogP contribution in [0, 0.1) is 13.8 Å². The van der Waals surface area contributed by atoms with Crippen LogP contribution < -0.4 is 5.32 Å². The quantitative estimate of drug-likeness (QED) is 0.737. The third-order valence-corrected chi connectivity index (χ3v) is 5.14. The molecule has 1 N–H and O–H groups in total. The van der Waals surface area contributed by atoms with Gasteiger partial charge in [-0.1, -0.05) is 30.3 Å². The SMILES string of the molecule is Cc1cc(C)cc(NC(=O)c2cc(C(=O)N3CCc4ccccc4C3)ccn2)c1. The predicted octanol–water partition coefficient (Wildman–Crippen LogP) is 4.15. The Morgan fingerprint density at radius 2 is 1.69 bits per heavy atom. The summed E-state index contributed by atoms with van der Waals surface area (Å²) in [5, 5.41) is 2.87. The van der Waals surface area contributed by atoms with Crippen molar-refractivity contribution in [3.05, 3.63) is 94.3 Å². The number of anilines is 1. The number of hydrogen-bond donors (Lipinski definition) is 1. The monoisotopic (exact) mass is 385 g/mol. The molecule has 0 saturated carbocycles. The minimum atomic E-state index is -0.325. The summed E-state index contributed by atoms with van der Waals surface area (Å²) in [6, 6.07) is 17.3. The lowest BCUT2D eigenvalue weighted by Gasteiger charge is -2.29. The highest BCUT2D eigenvalue weighted by Gasteiger charge is 2.22. The first-order valence-corrected chi connectivity index (χ1v) is 9.71. The van der Waals surface area contributed by atoms with E-state index in [9.17, 15) is 9.59 Å². The molecule has 0 radical (unpaired) electrons. The molecule has 2 aromatic carbocycles. The fraction of sp³-hybridized carbons (Fsp3) is 0.208. The van der Waals surface area contributed by atoms with Gasteiger partial charge in [-0.25, -0.2) is 0 Å². The molecule has 2 heterocycles. The average Bonchev–Trinajstić information content (AvgIpc) is 2.72. The summed E-state index contributed by atoms with van der Waals surface area (Å²) in [7, 11) is 0. The fourth-order valence-corrected chi connectivity index (χ4v) is 3.78. The van der Waals surface area contributed by atoms with Gasteiger partial charge in [0.2, 0.25) is 0 Å². The normalized spacial score (nSPS) is 13.0. The molecule has 29 heavy (non-hydrogen) atoms. The maximum atomic E-state index is 13.0. The molecular formula is C24H23N3O2. The first-order valence-electron chi connectivity index (χ1n) is 9.71. The highest BCUT2D eigenvalue weighted by Crippen LogP contribution is 2.21. The first kappa shape index (κ1) is 18.9. The summed E-state index contributed by atoms with van der Waals surface area (Å²) in [4.78, 5) is 31.6. The van der Waals surface area contributed by atoms with Crippen LogP contribution in [-0.4, -0.2) is 28.2 Å². The van der Waals surface area contributed by atoms with Gasteiger partial charge in [-0.2, -0.15) is 0 Å². The van der Waals surface area contributed by atoms with Gasteiger partial charge in [0.15, 0.2) is 0 Å². The van der Waals surface area contributed by atoms with Gasteiger partial charge in [-0.15, -0.1) is 0 Å².